The van der Waals surface area contributed by atoms with Gasteiger partial charge in [-0.25, -0.2) is 4.98 Å². The maximum absolute atomic E-state index is 12.3. The highest BCUT2D eigenvalue weighted by atomic mass is 32.2. The van der Waals surface area contributed by atoms with Crippen molar-refractivity contribution in [1.82, 2.24) is 14.9 Å². The number of carbonyl (C=O) groups excluding carboxylic acids is 1. The molecule has 0 atom stereocenters. The number of hydrogen-bond donors (Lipinski definition) is 0. The van der Waals surface area contributed by atoms with Crippen LogP contribution in [0.25, 0.3) is 0 Å². The van der Waals surface area contributed by atoms with E-state index in [4.69, 9.17) is 5.26 Å². The monoisotopic (exact) mass is 353 g/mol. The number of rotatable bonds is 5. The first-order chi connectivity index (χ1) is 12.3. The summed E-state index contributed by atoms with van der Waals surface area (Å²) in [4.78, 5) is 24.9. The van der Waals surface area contributed by atoms with Crippen molar-refractivity contribution in [3.05, 3.63) is 54.0 Å². The third-order valence-electron chi connectivity index (χ3n) is 4.03. The summed E-state index contributed by atoms with van der Waals surface area (Å²) in [5.74, 6) is 2.19. The number of anilines is 1. The Balaban J connectivity index is 1.45. The summed E-state index contributed by atoms with van der Waals surface area (Å²) in [5, 5.41) is 8.98. The Morgan fingerprint density at radius 3 is 2.72 bits per heavy atom. The first-order valence-corrected chi connectivity index (χ1v) is 9.28. The number of amides is 1. The van der Waals surface area contributed by atoms with Gasteiger partial charge in [-0.1, -0.05) is 6.07 Å². The Morgan fingerprint density at radius 2 is 2.00 bits per heavy atom. The third-order valence-corrected chi connectivity index (χ3v) is 4.98. The fraction of sp³-hybridized carbons (Fsp3) is 0.333. The van der Waals surface area contributed by atoms with Crippen molar-refractivity contribution < 1.29 is 4.79 Å². The number of aromatic nitrogens is 2. The minimum Gasteiger partial charge on any atom is -0.353 e. The molecule has 7 heteroatoms. The van der Waals surface area contributed by atoms with E-state index in [1.54, 1.807) is 36.3 Å². The van der Waals surface area contributed by atoms with Gasteiger partial charge in [0.1, 0.15) is 5.82 Å². The molecule has 0 unspecified atom stereocenters. The lowest BCUT2D eigenvalue weighted by molar-refractivity contribution is -0.128. The topological polar surface area (TPSA) is 73.1 Å². The molecule has 2 aromatic rings. The van der Waals surface area contributed by atoms with Crippen LogP contribution in [0.5, 0.6) is 0 Å². The predicted molar refractivity (Wildman–Crippen MR) is 98.1 cm³/mol. The van der Waals surface area contributed by atoms with E-state index in [-0.39, 0.29) is 5.91 Å². The predicted octanol–water partition coefficient (Wildman–Crippen LogP) is 1.93. The molecule has 1 fully saturated rings. The van der Waals surface area contributed by atoms with Gasteiger partial charge in [0.15, 0.2) is 0 Å². The molecule has 1 amide bonds. The highest BCUT2D eigenvalue weighted by Gasteiger charge is 2.21. The maximum Gasteiger partial charge on any atom is 0.232 e. The van der Waals surface area contributed by atoms with Crippen LogP contribution in [0.3, 0.4) is 0 Å². The Morgan fingerprint density at radius 1 is 1.16 bits per heavy atom. The molecule has 0 radical (unpaired) electrons. The molecule has 3 heterocycles. The molecule has 2 aromatic heterocycles. The molecule has 0 spiro atoms. The molecule has 25 heavy (non-hydrogen) atoms. The van der Waals surface area contributed by atoms with Crippen LogP contribution in [0.4, 0.5) is 5.82 Å². The highest BCUT2D eigenvalue weighted by Crippen LogP contribution is 2.16. The minimum absolute atomic E-state index is 0.166. The number of nitrogens with zero attached hydrogens (tertiary/aromatic N) is 5. The fourth-order valence-electron chi connectivity index (χ4n) is 2.66. The zero-order valence-corrected chi connectivity index (χ0v) is 14.7. The number of nitriles is 1. The Labute approximate surface area is 151 Å². The Hall–Kier alpha value is -2.59. The molecule has 0 aliphatic carbocycles. The van der Waals surface area contributed by atoms with Crippen LogP contribution in [-0.2, 0) is 10.5 Å². The second-order valence-corrected chi connectivity index (χ2v) is 6.68. The van der Waals surface area contributed by atoms with E-state index in [0.717, 1.165) is 30.4 Å². The van der Waals surface area contributed by atoms with Gasteiger partial charge < -0.3 is 9.80 Å². The first kappa shape index (κ1) is 17.2. The van der Waals surface area contributed by atoms with Crippen LogP contribution < -0.4 is 4.90 Å². The van der Waals surface area contributed by atoms with E-state index in [9.17, 15) is 4.79 Å². The summed E-state index contributed by atoms with van der Waals surface area (Å²) < 4.78 is 0. The summed E-state index contributed by atoms with van der Waals surface area (Å²) in [6.07, 6.45) is 3.42. The van der Waals surface area contributed by atoms with E-state index >= 15 is 0 Å². The van der Waals surface area contributed by atoms with Gasteiger partial charge in [0.25, 0.3) is 0 Å². The van der Waals surface area contributed by atoms with Crippen LogP contribution in [0.15, 0.2) is 42.7 Å². The van der Waals surface area contributed by atoms with Gasteiger partial charge in [0.05, 0.1) is 23.1 Å². The molecule has 3 rings (SSSR count). The van der Waals surface area contributed by atoms with Gasteiger partial charge in [-0.05, 0) is 24.3 Å². The largest absolute Gasteiger partial charge is 0.353 e. The van der Waals surface area contributed by atoms with Crippen LogP contribution in [0.1, 0.15) is 11.3 Å². The lowest BCUT2D eigenvalue weighted by atomic mass is 10.2. The number of carbonyl (C=O) groups is 1. The molecule has 0 aromatic carbocycles. The van der Waals surface area contributed by atoms with Gasteiger partial charge in [0, 0.05) is 44.3 Å². The average molecular weight is 353 g/mol. The second kappa shape index (κ2) is 8.49. The van der Waals surface area contributed by atoms with E-state index in [1.807, 2.05) is 23.1 Å². The van der Waals surface area contributed by atoms with E-state index in [0.29, 0.717) is 24.4 Å². The van der Waals surface area contributed by atoms with Crippen molar-refractivity contribution in [3.8, 4) is 6.07 Å². The summed E-state index contributed by atoms with van der Waals surface area (Å²) in [6.45, 7) is 2.83. The van der Waals surface area contributed by atoms with Crippen molar-refractivity contribution in [3.63, 3.8) is 0 Å². The molecule has 128 valence electrons. The molecule has 0 saturated carbocycles. The van der Waals surface area contributed by atoms with Crippen molar-refractivity contribution in [2.24, 2.45) is 0 Å². The Kier molecular flexibility index (Phi) is 5.86. The molecule has 1 aliphatic rings. The molecule has 0 N–H and O–H groups in total. The Bertz CT molecular complexity index is 754. The lowest BCUT2D eigenvalue weighted by Crippen LogP contribution is -2.49. The summed E-state index contributed by atoms with van der Waals surface area (Å²) in [6, 6.07) is 11.4. The summed E-state index contributed by atoms with van der Waals surface area (Å²) in [5.41, 5.74) is 1.60. The smallest absolute Gasteiger partial charge is 0.232 e. The zero-order valence-electron chi connectivity index (χ0n) is 13.8. The zero-order chi connectivity index (χ0) is 17.5. The molecular formula is C18H19N5OS. The third kappa shape index (κ3) is 4.70. The summed E-state index contributed by atoms with van der Waals surface area (Å²) in [7, 11) is 0. The van der Waals surface area contributed by atoms with Gasteiger partial charge in [-0.3, -0.25) is 9.78 Å². The van der Waals surface area contributed by atoms with E-state index in [2.05, 4.69) is 20.9 Å². The first-order valence-electron chi connectivity index (χ1n) is 8.13. The fourth-order valence-corrected chi connectivity index (χ4v) is 3.50. The standard InChI is InChI=1S/C18H19N5OS/c19-12-15-4-6-21-17(11-15)22-7-9-23(10-8-22)18(24)14-25-13-16-3-1-2-5-20-16/h1-6,11H,7-10,13-14H2. The van der Waals surface area contributed by atoms with Crippen LogP contribution >= 0.6 is 11.8 Å². The molecule has 1 saturated heterocycles. The SMILES string of the molecule is N#Cc1ccnc(N2CCN(C(=O)CSCc3ccccn3)CC2)c1. The number of hydrogen-bond acceptors (Lipinski definition) is 6. The molecule has 1 aliphatic heterocycles. The van der Waals surface area contributed by atoms with Crippen molar-refractivity contribution >= 4 is 23.5 Å². The normalized spacial score (nSPS) is 14.2. The van der Waals surface area contributed by atoms with Gasteiger partial charge in [-0.2, -0.15) is 5.26 Å². The van der Waals surface area contributed by atoms with Gasteiger partial charge >= 0.3 is 0 Å². The van der Waals surface area contributed by atoms with Crippen molar-refractivity contribution in [2.45, 2.75) is 5.75 Å². The maximum atomic E-state index is 12.3. The molecule has 0 bridgehead atoms. The quantitative estimate of drug-likeness (QED) is 0.818. The molecule has 6 nitrogen and oxygen atoms in total. The van der Waals surface area contributed by atoms with Crippen molar-refractivity contribution in [1.29, 1.82) is 5.26 Å². The number of pyridine rings is 2. The van der Waals surface area contributed by atoms with Crippen molar-refractivity contribution in [2.75, 3.05) is 36.8 Å². The number of piperazine rings is 1. The van der Waals surface area contributed by atoms with Crippen LogP contribution in [0.2, 0.25) is 0 Å². The highest BCUT2D eigenvalue weighted by molar-refractivity contribution is 7.99. The second-order valence-electron chi connectivity index (χ2n) is 5.70. The van der Waals surface area contributed by atoms with Crippen LogP contribution in [-0.4, -0.2) is 52.7 Å². The van der Waals surface area contributed by atoms with E-state index in [1.165, 1.54) is 0 Å². The number of thioether (sulfide) groups is 1. The summed E-state index contributed by atoms with van der Waals surface area (Å²) >= 11 is 1.59. The van der Waals surface area contributed by atoms with Gasteiger partial charge in [0.2, 0.25) is 5.91 Å². The lowest BCUT2D eigenvalue weighted by Gasteiger charge is -2.35. The average Bonchev–Trinajstić information content (AvgIpc) is 2.69. The van der Waals surface area contributed by atoms with Crippen LogP contribution in [0, 0.1) is 11.3 Å². The minimum atomic E-state index is 0.166. The van der Waals surface area contributed by atoms with E-state index < -0.39 is 0 Å². The van der Waals surface area contributed by atoms with Gasteiger partial charge in [-0.15, -0.1) is 11.8 Å². The molecular weight excluding hydrogens is 334 g/mol.